The lowest BCUT2D eigenvalue weighted by Gasteiger charge is -2.25. The van der Waals surface area contributed by atoms with Gasteiger partial charge >= 0.3 is 6.01 Å². The zero-order valence-electron chi connectivity index (χ0n) is 16.9. The van der Waals surface area contributed by atoms with E-state index in [-0.39, 0.29) is 10.9 Å². The van der Waals surface area contributed by atoms with Gasteiger partial charge in [0.1, 0.15) is 0 Å². The van der Waals surface area contributed by atoms with Crippen LogP contribution >= 0.6 is 11.8 Å². The molecule has 4 rings (SSSR count). The minimum Gasteiger partial charge on any atom is -0.403 e. The fourth-order valence-corrected chi connectivity index (χ4v) is 5.32. The van der Waals surface area contributed by atoms with Gasteiger partial charge in [0, 0.05) is 29.1 Å². The normalized spacial score (nSPS) is 15.0. The SMILES string of the molecule is CSc1cccc(-c2nnc(NC(=O)c3ccc(S(=O)(=O)N4CCCCC4)cc3)o2)c1. The summed E-state index contributed by atoms with van der Waals surface area (Å²) in [5.74, 6) is -0.163. The van der Waals surface area contributed by atoms with E-state index in [1.807, 2.05) is 30.5 Å². The van der Waals surface area contributed by atoms with E-state index < -0.39 is 15.9 Å². The van der Waals surface area contributed by atoms with E-state index in [0.29, 0.717) is 24.5 Å². The second kappa shape index (κ2) is 9.21. The summed E-state index contributed by atoms with van der Waals surface area (Å²) < 4.78 is 32.5. The van der Waals surface area contributed by atoms with Crippen molar-refractivity contribution in [2.75, 3.05) is 24.7 Å². The second-order valence-corrected chi connectivity index (χ2v) is 9.91. The number of hydrogen-bond acceptors (Lipinski definition) is 7. The maximum atomic E-state index is 12.7. The molecule has 0 saturated carbocycles. The van der Waals surface area contributed by atoms with E-state index in [1.165, 1.54) is 28.6 Å². The van der Waals surface area contributed by atoms with E-state index in [9.17, 15) is 13.2 Å². The molecule has 1 N–H and O–H groups in total. The van der Waals surface area contributed by atoms with Gasteiger partial charge in [-0.1, -0.05) is 17.6 Å². The van der Waals surface area contributed by atoms with Gasteiger partial charge in [0.15, 0.2) is 0 Å². The van der Waals surface area contributed by atoms with Gasteiger partial charge in [0.05, 0.1) is 4.90 Å². The number of amides is 1. The smallest absolute Gasteiger partial charge is 0.322 e. The summed E-state index contributed by atoms with van der Waals surface area (Å²) >= 11 is 1.60. The van der Waals surface area contributed by atoms with Crippen molar-refractivity contribution in [1.82, 2.24) is 14.5 Å². The van der Waals surface area contributed by atoms with Crippen molar-refractivity contribution in [3.63, 3.8) is 0 Å². The zero-order chi connectivity index (χ0) is 21.8. The van der Waals surface area contributed by atoms with Crippen molar-refractivity contribution in [1.29, 1.82) is 0 Å². The molecule has 0 radical (unpaired) electrons. The Balaban J connectivity index is 1.45. The first-order chi connectivity index (χ1) is 15.0. The topological polar surface area (TPSA) is 105 Å². The number of nitrogens with one attached hydrogen (secondary N) is 1. The molecule has 0 bridgehead atoms. The summed E-state index contributed by atoms with van der Waals surface area (Å²) in [4.78, 5) is 13.8. The van der Waals surface area contributed by atoms with Crippen LogP contribution in [0.3, 0.4) is 0 Å². The van der Waals surface area contributed by atoms with Crippen LogP contribution in [0.1, 0.15) is 29.6 Å². The van der Waals surface area contributed by atoms with Crippen LogP contribution in [-0.2, 0) is 10.0 Å². The van der Waals surface area contributed by atoms with E-state index in [4.69, 9.17) is 4.42 Å². The fraction of sp³-hybridized carbons (Fsp3) is 0.286. The Morgan fingerprint density at radius 2 is 1.81 bits per heavy atom. The molecule has 0 aliphatic carbocycles. The monoisotopic (exact) mass is 458 g/mol. The Labute approximate surface area is 185 Å². The quantitative estimate of drug-likeness (QED) is 0.559. The Morgan fingerprint density at radius 1 is 1.06 bits per heavy atom. The lowest BCUT2D eigenvalue weighted by molar-refractivity contribution is 0.102. The van der Waals surface area contributed by atoms with E-state index in [2.05, 4.69) is 15.5 Å². The summed E-state index contributed by atoms with van der Waals surface area (Å²) in [6.07, 6.45) is 4.76. The molecule has 31 heavy (non-hydrogen) atoms. The lowest BCUT2D eigenvalue weighted by atomic mass is 10.2. The number of anilines is 1. The van der Waals surface area contributed by atoms with E-state index in [1.54, 1.807) is 11.8 Å². The number of rotatable bonds is 6. The van der Waals surface area contributed by atoms with E-state index >= 15 is 0 Å². The third-order valence-corrected chi connectivity index (χ3v) is 7.67. The minimum absolute atomic E-state index is 0.0282. The van der Waals surface area contributed by atoms with Gasteiger partial charge in [-0.05, 0) is 61.6 Å². The van der Waals surface area contributed by atoms with Crippen LogP contribution in [0.2, 0.25) is 0 Å². The molecule has 1 aromatic heterocycles. The number of benzene rings is 2. The molecule has 0 spiro atoms. The van der Waals surface area contributed by atoms with Crippen LogP contribution in [0, 0.1) is 0 Å². The van der Waals surface area contributed by atoms with Crippen LogP contribution in [0.15, 0.2) is 62.7 Å². The maximum absolute atomic E-state index is 12.7. The molecule has 2 heterocycles. The molecule has 1 aliphatic rings. The molecular formula is C21H22N4O4S2. The molecule has 8 nitrogen and oxygen atoms in total. The third-order valence-electron chi connectivity index (χ3n) is 5.03. The van der Waals surface area contributed by atoms with Gasteiger partial charge in [-0.25, -0.2) is 8.42 Å². The second-order valence-electron chi connectivity index (χ2n) is 7.09. The van der Waals surface area contributed by atoms with Crippen LogP contribution in [0.5, 0.6) is 0 Å². The summed E-state index contributed by atoms with van der Waals surface area (Å²) in [6.45, 7) is 1.06. The first-order valence-corrected chi connectivity index (χ1v) is 12.5. The van der Waals surface area contributed by atoms with E-state index in [0.717, 1.165) is 29.7 Å². The Morgan fingerprint density at radius 3 is 2.52 bits per heavy atom. The Bertz CT molecular complexity index is 1170. The molecule has 1 amide bonds. The molecule has 10 heteroatoms. The first kappa shape index (κ1) is 21.5. The highest BCUT2D eigenvalue weighted by Crippen LogP contribution is 2.25. The molecule has 2 aromatic carbocycles. The maximum Gasteiger partial charge on any atom is 0.322 e. The van der Waals surface area contributed by atoms with Gasteiger partial charge < -0.3 is 4.42 Å². The lowest BCUT2D eigenvalue weighted by Crippen LogP contribution is -2.35. The summed E-state index contributed by atoms with van der Waals surface area (Å²) in [6, 6.07) is 13.5. The Kier molecular flexibility index (Phi) is 6.40. The number of nitrogens with zero attached hydrogens (tertiary/aromatic N) is 3. The predicted octanol–water partition coefficient (Wildman–Crippen LogP) is 3.89. The average Bonchev–Trinajstić information content (AvgIpc) is 3.28. The summed E-state index contributed by atoms with van der Waals surface area (Å²) in [7, 11) is -3.54. The number of carbonyl (C=O) groups is 1. The fourth-order valence-electron chi connectivity index (χ4n) is 3.35. The molecule has 162 valence electrons. The van der Waals surface area contributed by atoms with Crippen LogP contribution in [0.25, 0.3) is 11.5 Å². The first-order valence-electron chi connectivity index (χ1n) is 9.87. The van der Waals surface area contributed by atoms with Crippen molar-refractivity contribution < 1.29 is 17.6 Å². The highest BCUT2D eigenvalue weighted by atomic mass is 32.2. The van der Waals surface area contributed by atoms with Crippen molar-refractivity contribution in [2.24, 2.45) is 0 Å². The van der Waals surface area contributed by atoms with Crippen LogP contribution in [0.4, 0.5) is 6.01 Å². The molecule has 1 fully saturated rings. The number of sulfonamides is 1. The van der Waals surface area contributed by atoms with Crippen molar-refractivity contribution in [2.45, 2.75) is 29.1 Å². The number of thioether (sulfide) groups is 1. The third kappa shape index (κ3) is 4.81. The van der Waals surface area contributed by atoms with Crippen molar-refractivity contribution in [3.8, 4) is 11.5 Å². The molecule has 1 aliphatic heterocycles. The average molecular weight is 459 g/mol. The van der Waals surface area contributed by atoms with Crippen LogP contribution < -0.4 is 5.32 Å². The van der Waals surface area contributed by atoms with Gasteiger partial charge in [-0.15, -0.1) is 16.9 Å². The number of carbonyl (C=O) groups excluding carboxylic acids is 1. The molecule has 3 aromatic rings. The Hall–Kier alpha value is -2.69. The number of aromatic nitrogens is 2. The van der Waals surface area contributed by atoms with Gasteiger partial charge in [-0.3, -0.25) is 10.1 Å². The number of piperidine rings is 1. The highest BCUT2D eigenvalue weighted by Gasteiger charge is 2.26. The van der Waals surface area contributed by atoms with Gasteiger partial charge in [0.25, 0.3) is 5.91 Å². The standard InChI is InChI=1S/C21H22N4O4S2/c1-30-17-7-5-6-16(14-17)20-23-24-21(29-20)22-19(26)15-8-10-18(11-9-15)31(27,28)25-12-3-2-4-13-25/h5-11,14H,2-4,12-13H2,1H3,(H,22,24,26). The van der Waals surface area contributed by atoms with Gasteiger partial charge in [0.2, 0.25) is 15.9 Å². The van der Waals surface area contributed by atoms with Crippen LogP contribution in [-0.4, -0.2) is 48.2 Å². The molecular weight excluding hydrogens is 436 g/mol. The minimum atomic E-state index is -3.54. The van der Waals surface area contributed by atoms with Crippen molar-refractivity contribution >= 4 is 33.7 Å². The molecule has 0 unspecified atom stereocenters. The summed E-state index contributed by atoms with van der Waals surface area (Å²) in [5, 5.41) is 10.4. The largest absolute Gasteiger partial charge is 0.403 e. The van der Waals surface area contributed by atoms with Crippen molar-refractivity contribution in [3.05, 3.63) is 54.1 Å². The molecule has 1 saturated heterocycles. The molecule has 0 atom stereocenters. The zero-order valence-corrected chi connectivity index (χ0v) is 18.6. The predicted molar refractivity (Wildman–Crippen MR) is 119 cm³/mol. The number of hydrogen-bond donors (Lipinski definition) is 1. The van der Waals surface area contributed by atoms with Gasteiger partial charge in [-0.2, -0.15) is 4.31 Å². The summed E-state index contributed by atoms with van der Waals surface area (Å²) in [5.41, 5.74) is 1.05. The highest BCUT2D eigenvalue weighted by molar-refractivity contribution is 7.98.